The summed E-state index contributed by atoms with van der Waals surface area (Å²) in [5.74, 6) is 0.658. The number of aromatic nitrogens is 2. The lowest BCUT2D eigenvalue weighted by Crippen LogP contribution is -2.00. The van der Waals surface area contributed by atoms with E-state index in [1.807, 2.05) is 6.92 Å². The summed E-state index contributed by atoms with van der Waals surface area (Å²) in [4.78, 5) is 19.5. The summed E-state index contributed by atoms with van der Waals surface area (Å²) in [5, 5.41) is 14.6. The number of nitrogens with one attached hydrogen (secondary N) is 1. The molecule has 0 aliphatic carbocycles. The standard InChI is InChI=1S/C12H12N4O2S/c1-2-14-11-7-13-8-12(15-11)19-10-6-4-3-5-9(10)16(17)18/h3-8H,2H2,1H3,(H,14,15). The van der Waals surface area contributed by atoms with E-state index >= 15 is 0 Å². The highest BCUT2D eigenvalue weighted by atomic mass is 32.2. The molecule has 0 bridgehead atoms. The van der Waals surface area contributed by atoms with Gasteiger partial charge in [0.1, 0.15) is 10.8 Å². The number of benzene rings is 1. The van der Waals surface area contributed by atoms with Crippen molar-refractivity contribution in [3.63, 3.8) is 0 Å². The Labute approximate surface area is 114 Å². The molecule has 0 radical (unpaired) electrons. The van der Waals surface area contributed by atoms with E-state index in [1.165, 1.54) is 17.8 Å². The van der Waals surface area contributed by atoms with Gasteiger partial charge in [-0.2, -0.15) is 0 Å². The Bertz CT molecular complexity index is 591. The number of rotatable bonds is 5. The molecule has 0 saturated carbocycles. The van der Waals surface area contributed by atoms with E-state index in [0.717, 1.165) is 6.54 Å². The van der Waals surface area contributed by atoms with E-state index in [9.17, 15) is 10.1 Å². The van der Waals surface area contributed by atoms with Crippen LogP contribution in [0, 0.1) is 10.1 Å². The van der Waals surface area contributed by atoms with Crippen molar-refractivity contribution < 1.29 is 4.92 Å². The van der Waals surface area contributed by atoms with Gasteiger partial charge in [0.05, 0.1) is 22.2 Å². The van der Waals surface area contributed by atoms with Gasteiger partial charge in [-0.15, -0.1) is 0 Å². The average molecular weight is 276 g/mol. The van der Waals surface area contributed by atoms with Gasteiger partial charge in [0.2, 0.25) is 0 Å². The first-order valence-electron chi connectivity index (χ1n) is 5.68. The maximum absolute atomic E-state index is 10.9. The van der Waals surface area contributed by atoms with Crippen LogP contribution < -0.4 is 5.32 Å². The summed E-state index contributed by atoms with van der Waals surface area (Å²) in [6.45, 7) is 2.71. The summed E-state index contributed by atoms with van der Waals surface area (Å²) < 4.78 is 0. The molecule has 0 unspecified atom stereocenters. The molecule has 2 rings (SSSR count). The molecule has 2 aromatic rings. The van der Waals surface area contributed by atoms with E-state index in [2.05, 4.69) is 15.3 Å². The van der Waals surface area contributed by atoms with Gasteiger partial charge in [0, 0.05) is 12.6 Å². The van der Waals surface area contributed by atoms with Crippen molar-refractivity contribution in [2.45, 2.75) is 16.8 Å². The van der Waals surface area contributed by atoms with Crippen molar-refractivity contribution in [1.82, 2.24) is 9.97 Å². The third kappa shape index (κ3) is 3.41. The van der Waals surface area contributed by atoms with Crippen molar-refractivity contribution in [2.24, 2.45) is 0 Å². The maximum Gasteiger partial charge on any atom is 0.283 e. The first-order valence-corrected chi connectivity index (χ1v) is 6.49. The van der Waals surface area contributed by atoms with Crippen molar-refractivity contribution >= 4 is 23.3 Å². The predicted molar refractivity (Wildman–Crippen MR) is 73.4 cm³/mol. The number of hydrogen-bond donors (Lipinski definition) is 1. The number of nitrogens with zero attached hydrogens (tertiary/aromatic N) is 3. The van der Waals surface area contributed by atoms with Crippen LogP contribution in [0.5, 0.6) is 0 Å². The van der Waals surface area contributed by atoms with Gasteiger partial charge < -0.3 is 5.32 Å². The molecule has 0 aliphatic heterocycles. The normalized spacial score (nSPS) is 10.2. The molecule has 0 amide bonds. The molecule has 6 nitrogen and oxygen atoms in total. The molecular weight excluding hydrogens is 264 g/mol. The molecule has 1 N–H and O–H groups in total. The Kier molecular flexibility index (Phi) is 4.30. The summed E-state index contributed by atoms with van der Waals surface area (Å²) in [6.07, 6.45) is 3.20. The van der Waals surface area contributed by atoms with Gasteiger partial charge in [-0.25, -0.2) is 4.98 Å². The Morgan fingerprint density at radius 3 is 2.89 bits per heavy atom. The minimum absolute atomic E-state index is 0.0724. The lowest BCUT2D eigenvalue weighted by Gasteiger charge is -2.04. The lowest BCUT2D eigenvalue weighted by molar-refractivity contribution is -0.387. The smallest absolute Gasteiger partial charge is 0.283 e. The number of nitro benzene ring substituents is 1. The van der Waals surface area contributed by atoms with Gasteiger partial charge in [-0.3, -0.25) is 15.1 Å². The zero-order chi connectivity index (χ0) is 13.7. The highest BCUT2D eigenvalue weighted by Crippen LogP contribution is 2.33. The minimum atomic E-state index is -0.399. The molecule has 0 fully saturated rings. The zero-order valence-corrected chi connectivity index (χ0v) is 11.1. The van der Waals surface area contributed by atoms with Crippen LogP contribution in [0.3, 0.4) is 0 Å². The fourth-order valence-electron chi connectivity index (χ4n) is 1.47. The van der Waals surface area contributed by atoms with Crippen LogP contribution in [0.2, 0.25) is 0 Å². The number of para-hydroxylation sites is 1. The monoisotopic (exact) mass is 276 g/mol. The van der Waals surface area contributed by atoms with Crippen molar-refractivity contribution in [3.05, 3.63) is 46.8 Å². The van der Waals surface area contributed by atoms with Crippen LogP contribution in [-0.4, -0.2) is 21.4 Å². The minimum Gasteiger partial charge on any atom is -0.369 e. The number of hydrogen-bond acceptors (Lipinski definition) is 6. The second kappa shape index (κ2) is 6.14. The SMILES string of the molecule is CCNc1cncc(Sc2ccccc2[N+](=O)[O-])n1. The molecule has 1 heterocycles. The van der Waals surface area contributed by atoms with Crippen LogP contribution in [0.1, 0.15) is 6.92 Å². The first-order chi connectivity index (χ1) is 9.20. The highest BCUT2D eigenvalue weighted by Gasteiger charge is 2.14. The second-order valence-corrected chi connectivity index (χ2v) is 4.66. The molecule has 7 heteroatoms. The zero-order valence-electron chi connectivity index (χ0n) is 10.2. The van der Waals surface area contributed by atoms with E-state index < -0.39 is 4.92 Å². The van der Waals surface area contributed by atoms with Gasteiger partial charge >= 0.3 is 0 Å². The van der Waals surface area contributed by atoms with Gasteiger partial charge in [-0.05, 0) is 13.0 Å². The van der Waals surface area contributed by atoms with Crippen LogP contribution >= 0.6 is 11.8 Å². The topological polar surface area (TPSA) is 81.0 Å². The van der Waals surface area contributed by atoms with Crippen molar-refractivity contribution in [2.75, 3.05) is 11.9 Å². The summed E-state index contributed by atoms with van der Waals surface area (Å²) >= 11 is 1.23. The molecule has 1 aromatic heterocycles. The molecule has 0 saturated heterocycles. The maximum atomic E-state index is 10.9. The van der Waals surface area contributed by atoms with Gasteiger partial charge in [-0.1, -0.05) is 23.9 Å². The van der Waals surface area contributed by atoms with Crippen molar-refractivity contribution in [3.8, 4) is 0 Å². The molecular formula is C12H12N4O2S. The third-order valence-electron chi connectivity index (χ3n) is 2.25. The molecule has 19 heavy (non-hydrogen) atoms. The first kappa shape index (κ1) is 13.3. The quantitative estimate of drug-likeness (QED) is 0.668. The van der Waals surface area contributed by atoms with Crippen LogP contribution in [-0.2, 0) is 0 Å². The van der Waals surface area contributed by atoms with Crippen molar-refractivity contribution in [1.29, 1.82) is 0 Å². The van der Waals surface area contributed by atoms with Crippen LogP contribution in [0.25, 0.3) is 0 Å². The van der Waals surface area contributed by atoms with E-state index in [4.69, 9.17) is 0 Å². The third-order valence-corrected chi connectivity index (χ3v) is 3.22. The summed E-state index contributed by atoms with van der Waals surface area (Å²) in [5.41, 5.74) is 0.0724. The molecule has 0 spiro atoms. The Balaban J connectivity index is 2.26. The van der Waals surface area contributed by atoms with E-state index in [-0.39, 0.29) is 5.69 Å². The molecule has 1 aromatic carbocycles. The fourth-order valence-corrected chi connectivity index (χ4v) is 2.35. The molecule has 98 valence electrons. The molecule has 0 aliphatic rings. The second-order valence-electron chi connectivity index (χ2n) is 3.60. The number of nitro groups is 1. The Morgan fingerprint density at radius 1 is 1.37 bits per heavy atom. The lowest BCUT2D eigenvalue weighted by atomic mass is 10.3. The van der Waals surface area contributed by atoms with Gasteiger partial charge in [0.15, 0.2) is 0 Å². The number of anilines is 1. The molecule has 0 atom stereocenters. The van der Waals surface area contributed by atoms with E-state index in [0.29, 0.717) is 15.7 Å². The summed E-state index contributed by atoms with van der Waals surface area (Å²) in [6, 6.07) is 6.58. The fraction of sp³-hybridized carbons (Fsp3) is 0.167. The van der Waals surface area contributed by atoms with E-state index in [1.54, 1.807) is 30.6 Å². The van der Waals surface area contributed by atoms with Gasteiger partial charge in [0.25, 0.3) is 5.69 Å². The highest BCUT2D eigenvalue weighted by molar-refractivity contribution is 7.99. The Morgan fingerprint density at radius 2 is 2.16 bits per heavy atom. The predicted octanol–water partition coefficient (Wildman–Crippen LogP) is 2.97. The largest absolute Gasteiger partial charge is 0.369 e. The summed E-state index contributed by atoms with van der Waals surface area (Å²) in [7, 11) is 0. The van der Waals surface area contributed by atoms with Crippen LogP contribution in [0.15, 0.2) is 46.6 Å². The van der Waals surface area contributed by atoms with Crippen LogP contribution in [0.4, 0.5) is 11.5 Å². The Hall–Kier alpha value is -2.15. The average Bonchev–Trinajstić information content (AvgIpc) is 2.40.